The van der Waals surface area contributed by atoms with Crippen molar-refractivity contribution in [1.29, 1.82) is 0 Å². The molecule has 5 heterocycles. The molecule has 7 nitrogen and oxygen atoms in total. The molecule has 0 aliphatic carbocycles. The highest BCUT2D eigenvalue weighted by molar-refractivity contribution is 5.92. The number of rotatable bonds is 3. The zero-order valence-electron chi connectivity index (χ0n) is 14.5. The van der Waals surface area contributed by atoms with Crippen LogP contribution in [0.4, 0.5) is 5.95 Å². The van der Waals surface area contributed by atoms with Gasteiger partial charge < -0.3 is 14.4 Å². The maximum Gasteiger partial charge on any atom is 0.339 e. The van der Waals surface area contributed by atoms with E-state index in [1.807, 2.05) is 0 Å². The third-order valence-corrected chi connectivity index (χ3v) is 6.04. The van der Waals surface area contributed by atoms with E-state index < -0.39 is 0 Å². The lowest BCUT2D eigenvalue weighted by molar-refractivity contribution is 0.0600. The van der Waals surface area contributed by atoms with Crippen LogP contribution in [0.1, 0.15) is 30.1 Å². The van der Waals surface area contributed by atoms with E-state index in [0.29, 0.717) is 29.6 Å². The first kappa shape index (κ1) is 15.1. The van der Waals surface area contributed by atoms with E-state index in [1.54, 1.807) is 12.3 Å². The minimum Gasteiger partial charge on any atom is -0.465 e. The average Bonchev–Trinajstić information content (AvgIpc) is 3.38. The molecule has 2 aromatic rings. The fourth-order valence-electron chi connectivity index (χ4n) is 4.88. The zero-order chi connectivity index (χ0) is 17.1. The standard InChI is InChI=1S/C18H22N4O3/c1-3-22-16-13(6-10(7-19-16)17(23)24-2)20-18(22)21-8-11-12(9-21)15-5-4-14(11)25-15/h6-7,11-12,14-15H,3-5,8-9H2,1-2H3/t11-,12+,14+,15-. The van der Waals surface area contributed by atoms with Gasteiger partial charge in [-0.3, -0.25) is 4.57 Å². The van der Waals surface area contributed by atoms with E-state index in [4.69, 9.17) is 14.5 Å². The molecule has 3 aliphatic rings. The molecule has 0 spiro atoms. The molecule has 3 fully saturated rings. The number of ether oxygens (including phenoxy) is 2. The second kappa shape index (κ2) is 5.42. The van der Waals surface area contributed by atoms with Crippen LogP contribution < -0.4 is 4.90 Å². The molecule has 25 heavy (non-hydrogen) atoms. The summed E-state index contributed by atoms with van der Waals surface area (Å²) in [6, 6.07) is 1.77. The summed E-state index contributed by atoms with van der Waals surface area (Å²) >= 11 is 0. The van der Waals surface area contributed by atoms with E-state index in [-0.39, 0.29) is 5.97 Å². The number of esters is 1. The number of aryl methyl sites for hydroxylation is 1. The van der Waals surface area contributed by atoms with E-state index in [9.17, 15) is 4.79 Å². The lowest BCUT2D eigenvalue weighted by Crippen LogP contribution is -2.27. The van der Waals surface area contributed by atoms with Crippen molar-refractivity contribution in [2.45, 2.75) is 38.5 Å². The summed E-state index contributed by atoms with van der Waals surface area (Å²) in [5, 5.41) is 0. The molecule has 0 amide bonds. The maximum atomic E-state index is 11.8. The van der Waals surface area contributed by atoms with Crippen molar-refractivity contribution in [3.05, 3.63) is 17.8 Å². The quantitative estimate of drug-likeness (QED) is 0.793. The first-order valence-electron chi connectivity index (χ1n) is 9.04. The van der Waals surface area contributed by atoms with E-state index in [1.165, 1.54) is 20.0 Å². The van der Waals surface area contributed by atoms with Gasteiger partial charge in [0.15, 0.2) is 5.65 Å². The van der Waals surface area contributed by atoms with E-state index in [0.717, 1.165) is 36.7 Å². The summed E-state index contributed by atoms with van der Waals surface area (Å²) in [5.74, 6) is 1.83. The van der Waals surface area contributed by atoms with Crippen LogP contribution in [0.15, 0.2) is 12.3 Å². The van der Waals surface area contributed by atoms with E-state index in [2.05, 4.69) is 21.4 Å². The van der Waals surface area contributed by atoms with Crippen molar-refractivity contribution in [2.24, 2.45) is 11.8 Å². The predicted molar refractivity (Wildman–Crippen MR) is 91.6 cm³/mol. The van der Waals surface area contributed by atoms with Crippen molar-refractivity contribution in [2.75, 3.05) is 25.1 Å². The van der Waals surface area contributed by atoms with Gasteiger partial charge in [0.2, 0.25) is 5.95 Å². The van der Waals surface area contributed by atoms with Crippen LogP contribution in [0, 0.1) is 11.8 Å². The maximum absolute atomic E-state index is 11.8. The van der Waals surface area contributed by atoms with Gasteiger partial charge in [-0.1, -0.05) is 0 Å². The van der Waals surface area contributed by atoms with Crippen LogP contribution in [0.5, 0.6) is 0 Å². The number of imidazole rings is 1. The first-order valence-corrected chi connectivity index (χ1v) is 9.04. The Hall–Kier alpha value is -2.15. The molecule has 2 bridgehead atoms. The van der Waals surface area contributed by atoms with Gasteiger partial charge in [0.1, 0.15) is 5.52 Å². The number of carbonyl (C=O) groups excluding carboxylic acids is 1. The van der Waals surface area contributed by atoms with Crippen molar-refractivity contribution >= 4 is 23.1 Å². The van der Waals surface area contributed by atoms with Crippen LogP contribution in [0.2, 0.25) is 0 Å². The van der Waals surface area contributed by atoms with Crippen LogP contribution >= 0.6 is 0 Å². The summed E-state index contributed by atoms with van der Waals surface area (Å²) < 4.78 is 13.0. The molecule has 5 rings (SSSR count). The summed E-state index contributed by atoms with van der Waals surface area (Å²) in [7, 11) is 1.38. The van der Waals surface area contributed by atoms with Gasteiger partial charge in [-0.25, -0.2) is 14.8 Å². The minimum absolute atomic E-state index is 0.383. The molecule has 0 unspecified atom stereocenters. The number of nitrogens with zero attached hydrogens (tertiary/aromatic N) is 4. The monoisotopic (exact) mass is 342 g/mol. The number of methoxy groups -OCH3 is 1. The minimum atomic E-state index is -0.383. The summed E-state index contributed by atoms with van der Waals surface area (Å²) in [5.41, 5.74) is 2.00. The number of hydrogen-bond donors (Lipinski definition) is 0. The summed E-state index contributed by atoms with van der Waals surface area (Å²) in [6.07, 6.45) is 4.84. The third kappa shape index (κ3) is 2.11. The number of fused-ring (bicyclic) bond motifs is 6. The summed E-state index contributed by atoms with van der Waals surface area (Å²) in [4.78, 5) is 23.4. The average molecular weight is 342 g/mol. The number of carbonyl (C=O) groups is 1. The fraction of sp³-hybridized carbons (Fsp3) is 0.611. The Morgan fingerprint density at radius 3 is 2.68 bits per heavy atom. The highest BCUT2D eigenvalue weighted by atomic mass is 16.5. The van der Waals surface area contributed by atoms with Crippen LogP contribution in [-0.4, -0.2) is 52.9 Å². The van der Waals surface area contributed by atoms with Crippen LogP contribution in [0.3, 0.4) is 0 Å². The molecule has 3 saturated heterocycles. The number of pyridine rings is 1. The molecule has 3 aliphatic heterocycles. The zero-order valence-corrected chi connectivity index (χ0v) is 14.5. The van der Waals surface area contributed by atoms with Gasteiger partial charge in [-0.2, -0.15) is 0 Å². The normalized spacial score (nSPS) is 30.2. The Morgan fingerprint density at radius 1 is 1.32 bits per heavy atom. The SMILES string of the molecule is CCn1c(N2C[C@@H]3[C@H](C2)[C@H]2CC[C@@H]3O2)nc2cc(C(=O)OC)cnc21. The largest absolute Gasteiger partial charge is 0.465 e. The molecular weight excluding hydrogens is 320 g/mol. The Morgan fingerprint density at radius 2 is 2.04 bits per heavy atom. The van der Waals surface area contributed by atoms with Gasteiger partial charge in [0.05, 0.1) is 24.9 Å². The molecular formula is C18H22N4O3. The van der Waals surface area contributed by atoms with Crippen LogP contribution in [-0.2, 0) is 16.0 Å². The fourth-order valence-corrected chi connectivity index (χ4v) is 4.88. The Labute approximate surface area is 145 Å². The first-order chi connectivity index (χ1) is 12.2. The topological polar surface area (TPSA) is 69.5 Å². The van der Waals surface area contributed by atoms with Gasteiger partial charge in [-0.15, -0.1) is 0 Å². The Bertz CT molecular complexity index is 830. The Kier molecular flexibility index (Phi) is 3.28. The van der Waals surface area contributed by atoms with Gasteiger partial charge >= 0.3 is 5.97 Å². The van der Waals surface area contributed by atoms with Crippen molar-refractivity contribution in [3.63, 3.8) is 0 Å². The predicted octanol–water partition coefficient (Wildman–Crippen LogP) is 1.85. The molecule has 4 atom stereocenters. The van der Waals surface area contributed by atoms with Gasteiger partial charge in [0, 0.05) is 37.7 Å². The smallest absolute Gasteiger partial charge is 0.339 e. The number of anilines is 1. The van der Waals surface area contributed by atoms with Crippen LogP contribution in [0.25, 0.3) is 11.2 Å². The van der Waals surface area contributed by atoms with Crippen molar-refractivity contribution in [1.82, 2.24) is 14.5 Å². The second-order valence-electron chi connectivity index (χ2n) is 7.24. The molecule has 0 radical (unpaired) electrons. The molecule has 0 aromatic carbocycles. The lowest BCUT2D eigenvalue weighted by Gasteiger charge is -2.20. The number of hydrogen-bond acceptors (Lipinski definition) is 6. The highest BCUT2D eigenvalue weighted by Gasteiger charge is 2.53. The van der Waals surface area contributed by atoms with E-state index >= 15 is 0 Å². The summed E-state index contributed by atoms with van der Waals surface area (Å²) in [6.45, 7) is 4.90. The lowest BCUT2D eigenvalue weighted by atomic mass is 9.82. The molecule has 132 valence electrons. The molecule has 0 saturated carbocycles. The van der Waals surface area contributed by atoms with Gasteiger partial charge in [0.25, 0.3) is 0 Å². The Balaban J connectivity index is 1.52. The molecule has 2 aromatic heterocycles. The van der Waals surface area contributed by atoms with Crippen molar-refractivity contribution < 1.29 is 14.3 Å². The molecule has 7 heteroatoms. The number of aromatic nitrogens is 3. The van der Waals surface area contributed by atoms with Gasteiger partial charge in [-0.05, 0) is 25.8 Å². The van der Waals surface area contributed by atoms with Crippen molar-refractivity contribution in [3.8, 4) is 0 Å². The second-order valence-corrected chi connectivity index (χ2v) is 7.24. The molecule has 0 N–H and O–H groups in total. The third-order valence-electron chi connectivity index (χ3n) is 6.04. The highest BCUT2D eigenvalue weighted by Crippen LogP contribution is 2.48.